The van der Waals surface area contributed by atoms with Gasteiger partial charge in [0.05, 0.1) is 5.56 Å². The second kappa shape index (κ2) is 5.92. The molecule has 3 nitrogen and oxygen atoms in total. The average Bonchev–Trinajstić information content (AvgIpc) is 2.27. The highest BCUT2D eigenvalue weighted by molar-refractivity contribution is 5.44. The van der Waals surface area contributed by atoms with Crippen molar-refractivity contribution in [1.29, 1.82) is 0 Å². The van der Waals surface area contributed by atoms with Gasteiger partial charge in [0.15, 0.2) is 0 Å². The molecule has 1 aromatic rings. The van der Waals surface area contributed by atoms with Gasteiger partial charge in [-0.05, 0) is 31.9 Å². The van der Waals surface area contributed by atoms with Crippen molar-refractivity contribution in [3.63, 3.8) is 0 Å². The molecule has 1 rings (SSSR count). The van der Waals surface area contributed by atoms with Crippen LogP contribution in [0.3, 0.4) is 0 Å². The molecule has 0 aromatic heterocycles. The van der Waals surface area contributed by atoms with Crippen molar-refractivity contribution in [3.8, 4) is 11.5 Å². The van der Waals surface area contributed by atoms with E-state index in [4.69, 9.17) is 0 Å². The third kappa shape index (κ3) is 3.37. The van der Waals surface area contributed by atoms with Crippen molar-refractivity contribution in [1.82, 2.24) is 5.32 Å². The lowest BCUT2D eigenvalue weighted by Gasteiger charge is -2.25. The summed E-state index contributed by atoms with van der Waals surface area (Å²) in [5, 5.41) is 22.9. The molecule has 0 spiro atoms. The monoisotopic (exact) mass is 237 g/mol. The maximum atomic E-state index is 9.77. The van der Waals surface area contributed by atoms with Crippen LogP contribution in [0.5, 0.6) is 11.5 Å². The molecule has 0 saturated carbocycles. The molecule has 0 saturated heterocycles. The van der Waals surface area contributed by atoms with E-state index in [9.17, 15) is 10.2 Å². The first-order valence-electron chi connectivity index (χ1n) is 6.24. The molecule has 0 aliphatic rings. The lowest BCUT2D eigenvalue weighted by Crippen LogP contribution is -2.34. The van der Waals surface area contributed by atoms with Gasteiger partial charge >= 0.3 is 0 Å². The number of nitrogens with one attached hydrogen (secondary N) is 1. The fourth-order valence-corrected chi connectivity index (χ4v) is 1.98. The first kappa shape index (κ1) is 13.8. The highest BCUT2D eigenvalue weighted by Crippen LogP contribution is 2.32. The van der Waals surface area contributed by atoms with Gasteiger partial charge in [-0.2, -0.15) is 0 Å². The molecule has 3 unspecified atom stereocenters. The van der Waals surface area contributed by atoms with Crippen LogP contribution < -0.4 is 5.32 Å². The highest BCUT2D eigenvalue weighted by atomic mass is 16.3. The Morgan fingerprint density at radius 1 is 1.12 bits per heavy atom. The Morgan fingerprint density at radius 3 is 2.12 bits per heavy atom. The predicted molar refractivity (Wildman–Crippen MR) is 70.2 cm³/mol. The van der Waals surface area contributed by atoms with Gasteiger partial charge in [-0.25, -0.2) is 0 Å². The molecule has 0 fully saturated rings. The van der Waals surface area contributed by atoms with Crippen LogP contribution in [0.15, 0.2) is 18.2 Å². The van der Waals surface area contributed by atoms with E-state index >= 15 is 0 Å². The number of phenolic OH excluding ortho intramolecular Hbond substituents is 2. The van der Waals surface area contributed by atoms with Crippen molar-refractivity contribution >= 4 is 0 Å². The van der Waals surface area contributed by atoms with Gasteiger partial charge in [-0.1, -0.05) is 26.3 Å². The van der Waals surface area contributed by atoms with Crippen LogP contribution in [0.1, 0.15) is 45.7 Å². The molecule has 0 aliphatic carbocycles. The Kier molecular flexibility index (Phi) is 4.82. The van der Waals surface area contributed by atoms with Crippen LogP contribution in [0.2, 0.25) is 0 Å². The maximum absolute atomic E-state index is 9.77. The summed E-state index contributed by atoms with van der Waals surface area (Å²) in [6, 6.07) is 5.11. The summed E-state index contributed by atoms with van der Waals surface area (Å²) in [5.74, 6) is 0.841. The molecule has 1 aromatic carbocycles. The number of phenols is 2. The smallest absolute Gasteiger partial charge is 0.124 e. The molecule has 3 heteroatoms. The molecular formula is C14H23NO2. The van der Waals surface area contributed by atoms with E-state index in [1.807, 2.05) is 6.92 Å². The normalized spacial score (nSPS) is 16.5. The van der Waals surface area contributed by atoms with Gasteiger partial charge < -0.3 is 15.5 Å². The molecule has 0 amide bonds. The van der Waals surface area contributed by atoms with Gasteiger partial charge in [-0.3, -0.25) is 0 Å². The number of hydrogen-bond donors (Lipinski definition) is 3. The molecule has 0 aliphatic heterocycles. The Bertz CT molecular complexity index is 345. The van der Waals surface area contributed by atoms with Crippen molar-refractivity contribution in [2.24, 2.45) is 5.92 Å². The largest absolute Gasteiger partial charge is 0.507 e. The van der Waals surface area contributed by atoms with Gasteiger partial charge in [0.1, 0.15) is 11.5 Å². The van der Waals surface area contributed by atoms with Gasteiger partial charge in [0.2, 0.25) is 0 Å². The minimum Gasteiger partial charge on any atom is -0.507 e. The molecule has 17 heavy (non-hydrogen) atoms. The average molecular weight is 237 g/mol. The number of hydrogen-bond acceptors (Lipinski definition) is 3. The van der Waals surface area contributed by atoms with Crippen LogP contribution in [-0.4, -0.2) is 16.3 Å². The van der Waals surface area contributed by atoms with Crippen LogP contribution >= 0.6 is 0 Å². The summed E-state index contributed by atoms with van der Waals surface area (Å²) in [4.78, 5) is 0. The Balaban J connectivity index is 2.79. The van der Waals surface area contributed by atoms with Crippen molar-refractivity contribution in [2.45, 2.75) is 46.2 Å². The summed E-state index contributed by atoms with van der Waals surface area (Å²) in [7, 11) is 0. The zero-order chi connectivity index (χ0) is 13.0. The minimum atomic E-state index is -0.0693. The Morgan fingerprint density at radius 2 is 1.65 bits per heavy atom. The van der Waals surface area contributed by atoms with Crippen molar-refractivity contribution < 1.29 is 10.2 Å². The van der Waals surface area contributed by atoms with E-state index in [-0.39, 0.29) is 17.5 Å². The summed E-state index contributed by atoms with van der Waals surface area (Å²) < 4.78 is 0. The summed E-state index contributed by atoms with van der Waals surface area (Å²) in [5.41, 5.74) is 0.572. The Hall–Kier alpha value is -1.22. The van der Waals surface area contributed by atoms with E-state index in [0.29, 0.717) is 17.5 Å². The quantitative estimate of drug-likeness (QED) is 0.737. The summed E-state index contributed by atoms with van der Waals surface area (Å²) in [6.45, 7) is 8.43. The van der Waals surface area contributed by atoms with Crippen LogP contribution in [0.25, 0.3) is 0 Å². The lowest BCUT2D eigenvalue weighted by atomic mass is 9.98. The number of aromatic hydroxyl groups is 2. The first-order valence-corrected chi connectivity index (χ1v) is 6.24. The minimum absolute atomic E-state index is 0.0693. The summed E-state index contributed by atoms with van der Waals surface area (Å²) in [6.07, 6.45) is 1.10. The maximum Gasteiger partial charge on any atom is 0.124 e. The Labute approximate surface area is 103 Å². The van der Waals surface area contributed by atoms with E-state index in [2.05, 4.69) is 26.1 Å². The predicted octanol–water partition coefficient (Wildman–Crippen LogP) is 3.18. The molecule has 0 heterocycles. The zero-order valence-electron chi connectivity index (χ0n) is 11.1. The van der Waals surface area contributed by atoms with Crippen LogP contribution in [0, 0.1) is 5.92 Å². The molecule has 96 valence electrons. The van der Waals surface area contributed by atoms with E-state index in [0.717, 1.165) is 6.42 Å². The number of benzene rings is 1. The zero-order valence-corrected chi connectivity index (χ0v) is 11.1. The first-order chi connectivity index (χ1) is 7.97. The summed E-state index contributed by atoms with van der Waals surface area (Å²) >= 11 is 0. The van der Waals surface area contributed by atoms with Crippen LogP contribution in [0.4, 0.5) is 0 Å². The standard InChI is InChI=1S/C14H23NO2/c1-5-9(2)10(3)15-11(4)14-12(16)7-6-8-13(14)17/h6-11,15-17H,5H2,1-4H3. The number of rotatable bonds is 5. The van der Waals surface area contributed by atoms with Gasteiger partial charge in [0, 0.05) is 12.1 Å². The topological polar surface area (TPSA) is 52.5 Å². The fourth-order valence-electron chi connectivity index (χ4n) is 1.98. The van der Waals surface area contributed by atoms with E-state index < -0.39 is 0 Å². The SMILES string of the molecule is CCC(C)C(C)NC(C)c1c(O)cccc1O. The third-order valence-electron chi connectivity index (χ3n) is 3.50. The highest BCUT2D eigenvalue weighted by Gasteiger charge is 2.18. The van der Waals surface area contributed by atoms with Crippen LogP contribution in [-0.2, 0) is 0 Å². The fraction of sp³-hybridized carbons (Fsp3) is 0.571. The van der Waals surface area contributed by atoms with Crippen molar-refractivity contribution in [2.75, 3.05) is 0 Å². The molecular weight excluding hydrogens is 214 g/mol. The van der Waals surface area contributed by atoms with Gasteiger partial charge in [-0.15, -0.1) is 0 Å². The molecule has 0 bridgehead atoms. The lowest BCUT2D eigenvalue weighted by molar-refractivity contribution is 0.346. The van der Waals surface area contributed by atoms with E-state index in [1.165, 1.54) is 0 Å². The van der Waals surface area contributed by atoms with Crippen molar-refractivity contribution in [3.05, 3.63) is 23.8 Å². The second-order valence-electron chi connectivity index (χ2n) is 4.77. The van der Waals surface area contributed by atoms with E-state index in [1.54, 1.807) is 18.2 Å². The molecule has 3 N–H and O–H groups in total. The third-order valence-corrected chi connectivity index (χ3v) is 3.50. The molecule has 3 atom stereocenters. The second-order valence-corrected chi connectivity index (χ2v) is 4.77. The van der Waals surface area contributed by atoms with Gasteiger partial charge in [0.25, 0.3) is 0 Å². The molecule has 0 radical (unpaired) electrons.